The van der Waals surface area contributed by atoms with Crippen molar-refractivity contribution in [2.45, 2.75) is 13.8 Å². The molecule has 0 radical (unpaired) electrons. The maximum absolute atomic E-state index is 11.9. The van der Waals surface area contributed by atoms with Crippen LogP contribution in [-0.4, -0.2) is 41.7 Å². The van der Waals surface area contributed by atoms with Crippen molar-refractivity contribution in [3.05, 3.63) is 64.8 Å². The second-order valence-electron chi connectivity index (χ2n) is 7.98. The highest BCUT2D eigenvalue weighted by molar-refractivity contribution is 6.41. The van der Waals surface area contributed by atoms with Crippen LogP contribution in [0, 0.1) is 6.92 Å². The molecule has 9 nitrogen and oxygen atoms in total. The molecular weight excluding hydrogens is 529 g/mol. The molecule has 2 N–H and O–H groups in total. The monoisotopic (exact) mass is 553 g/mol. The van der Waals surface area contributed by atoms with Crippen LogP contribution < -0.4 is 24.8 Å². The largest absolute Gasteiger partial charge is 0.495 e. The molecule has 196 valence electrons. The smallest absolute Gasteiger partial charge is 0.247 e. The van der Waals surface area contributed by atoms with Crippen LogP contribution >= 0.6 is 23.2 Å². The number of amides is 1. The zero-order valence-corrected chi connectivity index (χ0v) is 22.7. The molecule has 0 unspecified atom stereocenters. The molecule has 4 aromatic rings. The van der Waals surface area contributed by atoms with Gasteiger partial charge in [0.15, 0.2) is 0 Å². The number of aromatic nitrogens is 3. The molecule has 2 aromatic carbocycles. The summed E-state index contributed by atoms with van der Waals surface area (Å²) in [6, 6.07) is 8.88. The van der Waals surface area contributed by atoms with Gasteiger partial charge in [-0.1, -0.05) is 41.9 Å². The number of carbonyl (C=O) groups is 1. The first-order chi connectivity index (χ1) is 18.3. The lowest BCUT2D eigenvalue weighted by Gasteiger charge is -2.16. The zero-order chi connectivity index (χ0) is 27.4. The molecule has 38 heavy (non-hydrogen) atoms. The predicted octanol–water partition coefficient (Wildman–Crippen LogP) is 6.59. The van der Waals surface area contributed by atoms with Crippen molar-refractivity contribution in [1.29, 1.82) is 0 Å². The molecule has 11 heteroatoms. The van der Waals surface area contributed by atoms with E-state index >= 15 is 0 Å². The van der Waals surface area contributed by atoms with E-state index in [1.165, 1.54) is 20.3 Å². The first-order valence-corrected chi connectivity index (χ1v) is 12.3. The zero-order valence-electron chi connectivity index (χ0n) is 21.2. The van der Waals surface area contributed by atoms with Gasteiger partial charge < -0.3 is 24.8 Å². The van der Waals surface area contributed by atoms with Gasteiger partial charge in [0, 0.05) is 23.2 Å². The summed E-state index contributed by atoms with van der Waals surface area (Å²) in [5.41, 5.74) is 3.42. The number of fused-ring (bicyclic) bond motifs is 1. The standard InChI is InChI=1S/C27H25Cl2N5O4/c1-6-20(35)31-16-10-8-9-14(3)24(16)33-27-30-13-15-11-17(32-26(38-7-2)25(15)34-27)21-22(28)18(36-4)12-19(37-5)23(21)29/h6,8-13H,1,7H2,2-5H3,(H,31,35)(H,30,33,34). The minimum atomic E-state index is -0.333. The number of pyridine rings is 1. The van der Waals surface area contributed by atoms with Gasteiger partial charge in [-0.15, -0.1) is 0 Å². The molecule has 2 aromatic heterocycles. The Morgan fingerprint density at radius 2 is 1.82 bits per heavy atom. The van der Waals surface area contributed by atoms with E-state index in [1.807, 2.05) is 26.0 Å². The second-order valence-corrected chi connectivity index (χ2v) is 8.73. The Bertz CT molecular complexity index is 1520. The maximum Gasteiger partial charge on any atom is 0.247 e. The molecule has 0 fully saturated rings. The average molecular weight is 554 g/mol. The van der Waals surface area contributed by atoms with E-state index in [4.69, 9.17) is 37.4 Å². The number of hydrogen-bond acceptors (Lipinski definition) is 8. The summed E-state index contributed by atoms with van der Waals surface area (Å²) in [6.45, 7) is 7.60. The van der Waals surface area contributed by atoms with E-state index in [-0.39, 0.29) is 27.8 Å². The number of nitrogens with one attached hydrogen (secondary N) is 2. The van der Waals surface area contributed by atoms with Crippen LogP contribution in [0.25, 0.3) is 22.2 Å². The number of ether oxygens (including phenoxy) is 3. The molecule has 0 bridgehead atoms. The highest BCUT2D eigenvalue weighted by Gasteiger charge is 2.22. The number of methoxy groups -OCH3 is 2. The Labute approximate surface area is 229 Å². The maximum atomic E-state index is 11.9. The summed E-state index contributed by atoms with van der Waals surface area (Å²) >= 11 is 13.3. The van der Waals surface area contributed by atoms with Crippen molar-refractivity contribution in [1.82, 2.24) is 15.0 Å². The molecule has 1 amide bonds. The number of nitrogens with zero attached hydrogens (tertiary/aromatic N) is 3. The van der Waals surface area contributed by atoms with Crippen molar-refractivity contribution < 1.29 is 19.0 Å². The van der Waals surface area contributed by atoms with Gasteiger partial charge in [0.25, 0.3) is 0 Å². The van der Waals surface area contributed by atoms with E-state index in [0.717, 1.165) is 5.56 Å². The van der Waals surface area contributed by atoms with E-state index in [2.05, 4.69) is 32.2 Å². The van der Waals surface area contributed by atoms with Crippen LogP contribution in [0.3, 0.4) is 0 Å². The van der Waals surface area contributed by atoms with Gasteiger partial charge in [-0.05, 0) is 37.6 Å². The molecule has 0 saturated heterocycles. The van der Waals surface area contributed by atoms with Crippen LogP contribution in [0.15, 0.2) is 49.2 Å². The Morgan fingerprint density at radius 3 is 2.45 bits per heavy atom. The Hall–Kier alpha value is -4.08. The fraction of sp³-hybridized carbons (Fsp3) is 0.185. The molecular formula is C27H25Cl2N5O4. The summed E-state index contributed by atoms with van der Waals surface area (Å²) < 4.78 is 16.6. The van der Waals surface area contributed by atoms with E-state index < -0.39 is 0 Å². The van der Waals surface area contributed by atoms with Gasteiger partial charge in [0.2, 0.25) is 17.7 Å². The molecule has 0 saturated carbocycles. The van der Waals surface area contributed by atoms with Crippen LogP contribution in [-0.2, 0) is 4.79 Å². The van der Waals surface area contributed by atoms with E-state index in [1.54, 1.807) is 24.4 Å². The van der Waals surface area contributed by atoms with Gasteiger partial charge in [-0.25, -0.2) is 15.0 Å². The number of rotatable bonds is 9. The fourth-order valence-electron chi connectivity index (χ4n) is 3.78. The molecule has 0 aliphatic heterocycles. The molecule has 0 spiro atoms. The van der Waals surface area contributed by atoms with E-state index in [9.17, 15) is 4.79 Å². The molecule has 0 aliphatic carbocycles. The summed E-state index contributed by atoms with van der Waals surface area (Å²) in [4.78, 5) is 25.7. The summed E-state index contributed by atoms with van der Waals surface area (Å²) in [7, 11) is 3.01. The Morgan fingerprint density at radius 1 is 1.11 bits per heavy atom. The fourth-order valence-corrected chi connectivity index (χ4v) is 4.47. The van der Waals surface area contributed by atoms with E-state index in [0.29, 0.717) is 51.6 Å². The van der Waals surface area contributed by atoms with Gasteiger partial charge in [0.1, 0.15) is 17.0 Å². The summed E-state index contributed by atoms with van der Waals surface area (Å²) in [5, 5.41) is 7.18. The van der Waals surface area contributed by atoms with Crippen molar-refractivity contribution in [2.75, 3.05) is 31.5 Å². The normalized spacial score (nSPS) is 10.7. The van der Waals surface area contributed by atoms with Gasteiger partial charge >= 0.3 is 0 Å². The first kappa shape index (κ1) is 27.0. The third-order valence-electron chi connectivity index (χ3n) is 5.60. The third-order valence-corrected chi connectivity index (χ3v) is 6.35. The van der Waals surface area contributed by atoms with Gasteiger partial charge in [0.05, 0.1) is 47.9 Å². The number of carbonyl (C=O) groups excluding carboxylic acids is 1. The van der Waals surface area contributed by atoms with Crippen molar-refractivity contribution >= 4 is 57.3 Å². The lowest BCUT2D eigenvalue weighted by Crippen LogP contribution is -2.10. The van der Waals surface area contributed by atoms with Crippen molar-refractivity contribution in [2.24, 2.45) is 0 Å². The lowest BCUT2D eigenvalue weighted by atomic mass is 10.1. The summed E-state index contributed by atoms with van der Waals surface area (Å²) in [6.07, 6.45) is 2.84. The number of benzene rings is 2. The number of hydrogen-bond donors (Lipinski definition) is 2. The molecule has 4 rings (SSSR count). The molecule has 0 aliphatic rings. The van der Waals surface area contributed by atoms with Crippen molar-refractivity contribution in [3.8, 4) is 28.6 Å². The van der Waals surface area contributed by atoms with Crippen LogP contribution in [0.2, 0.25) is 10.0 Å². The average Bonchev–Trinajstić information content (AvgIpc) is 2.91. The predicted molar refractivity (Wildman–Crippen MR) is 150 cm³/mol. The van der Waals surface area contributed by atoms with Crippen LogP contribution in [0.5, 0.6) is 17.4 Å². The SMILES string of the molecule is C=CC(=O)Nc1cccc(C)c1Nc1ncc2cc(-c3c(Cl)c(OC)cc(OC)c3Cl)nc(OCC)c2n1. The van der Waals surface area contributed by atoms with Gasteiger partial charge in [-0.2, -0.15) is 0 Å². The third kappa shape index (κ3) is 5.29. The summed E-state index contributed by atoms with van der Waals surface area (Å²) in [5.74, 6) is 0.993. The Kier molecular flexibility index (Phi) is 8.19. The minimum Gasteiger partial charge on any atom is -0.495 e. The lowest BCUT2D eigenvalue weighted by molar-refractivity contribution is -0.111. The first-order valence-electron chi connectivity index (χ1n) is 11.5. The number of aryl methyl sites for hydroxylation is 1. The quantitative estimate of drug-likeness (QED) is 0.223. The van der Waals surface area contributed by atoms with Crippen molar-refractivity contribution in [3.63, 3.8) is 0 Å². The number of para-hydroxylation sites is 1. The molecule has 2 heterocycles. The van der Waals surface area contributed by atoms with Crippen LogP contribution in [0.4, 0.5) is 17.3 Å². The minimum absolute atomic E-state index is 0.268. The van der Waals surface area contributed by atoms with Gasteiger partial charge in [-0.3, -0.25) is 4.79 Å². The molecule has 0 atom stereocenters. The highest BCUT2D eigenvalue weighted by Crippen LogP contribution is 2.46. The number of anilines is 3. The topological polar surface area (TPSA) is 107 Å². The highest BCUT2D eigenvalue weighted by atomic mass is 35.5. The van der Waals surface area contributed by atoms with Crippen LogP contribution in [0.1, 0.15) is 12.5 Å². The second kappa shape index (κ2) is 11.5. The number of halogens is 2. The Balaban J connectivity index is 1.83.